The molecule has 1 aromatic heterocycles. The Morgan fingerprint density at radius 2 is 1.88 bits per heavy atom. The largest absolute Gasteiger partial charge is 0.493 e. The van der Waals surface area contributed by atoms with Gasteiger partial charge in [0.15, 0.2) is 5.69 Å². The Balaban J connectivity index is 1.99. The number of hydrogen-bond donors (Lipinski definition) is 2. The maximum Gasteiger partial charge on any atom is 0.295 e. The molecule has 0 spiro atoms. The smallest absolute Gasteiger partial charge is 0.295 e. The number of carbonyl (C=O) groups excluding carboxylic acids is 1. The van der Waals surface area contributed by atoms with Gasteiger partial charge in [-0.2, -0.15) is 0 Å². The van der Waals surface area contributed by atoms with Crippen molar-refractivity contribution >= 4 is 63.0 Å². The molecule has 0 radical (unpaired) electrons. The molecule has 0 unspecified atom stereocenters. The van der Waals surface area contributed by atoms with Crippen molar-refractivity contribution in [2.24, 2.45) is 10.2 Å². The van der Waals surface area contributed by atoms with Gasteiger partial charge in [-0.05, 0) is 24.3 Å². The molecule has 0 saturated carbocycles. The molecular formula is C15H7Cl3N4O4. The van der Waals surface area contributed by atoms with Crippen molar-refractivity contribution in [3.05, 3.63) is 61.1 Å². The summed E-state index contributed by atoms with van der Waals surface area (Å²) in [5.74, 6) is -1.21. The molecule has 8 nitrogen and oxygen atoms in total. The monoisotopic (exact) mass is 412 g/mol. The first-order valence-corrected chi connectivity index (χ1v) is 8.01. The average Bonchev–Trinajstić information content (AvgIpc) is 2.88. The molecule has 1 amide bonds. The lowest BCUT2D eigenvalue weighted by molar-refractivity contribution is -0.384. The number of fused-ring (bicyclic) bond motifs is 1. The summed E-state index contributed by atoms with van der Waals surface area (Å²) in [5.41, 5.74) is -0.181. The molecule has 2 N–H and O–H groups in total. The Morgan fingerprint density at radius 1 is 1.15 bits per heavy atom. The summed E-state index contributed by atoms with van der Waals surface area (Å²) in [6, 6.07) is 6.45. The quantitative estimate of drug-likeness (QED) is 0.326. The lowest BCUT2D eigenvalue weighted by Gasteiger charge is -1.98. The number of aromatic amines is 1. The Labute approximate surface area is 160 Å². The third-order valence-electron chi connectivity index (χ3n) is 3.41. The van der Waals surface area contributed by atoms with E-state index in [4.69, 9.17) is 34.8 Å². The van der Waals surface area contributed by atoms with Crippen LogP contribution in [-0.2, 0) is 0 Å². The maximum absolute atomic E-state index is 12.1. The van der Waals surface area contributed by atoms with E-state index in [9.17, 15) is 20.0 Å². The summed E-state index contributed by atoms with van der Waals surface area (Å²) >= 11 is 17.7. The fourth-order valence-corrected chi connectivity index (χ4v) is 2.96. The van der Waals surface area contributed by atoms with E-state index in [0.29, 0.717) is 15.9 Å². The number of rotatable bonds is 3. The highest BCUT2D eigenvalue weighted by molar-refractivity contribution is 6.38. The minimum Gasteiger partial charge on any atom is -0.493 e. The van der Waals surface area contributed by atoms with Crippen molar-refractivity contribution in [3.8, 4) is 5.88 Å². The van der Waals surface area contributed by atoms with Crippen LogP contribution in [-0.4, -0.2) is 20.9 Å². The van der Waals surface area contributed by atoms with E-state index in [2.05, 4.69) is 15.2 Å². The van der Waals surface area contributed by atoms with Crippen LogP contribution in [0.1, 0.15) is 10.4 Å². The van der Waals surface area contributed by atoms with Gasteiger partial charge in [-0.1, -0.05) is 34.8 Å². The highest BCUT2D eigenvalue weighted by Crippen LogP contribution is 2.40. The summed E-state index contributed by atoms with van der Waals surface area (Å²) in [5, 5.41) is 28.9. The van der Waals surface area contributed by atoms with Gasteiger partial charge in [0.25, 0.3) is 11.6 Å². The zero-order valence-corrected chi connectivity index (χ0v) is 14.8. The van der Waals surface area contributed by atoms with Crippen molar-refractivity contribution in [2.45, 2.75) is 0 Å². The average molecular weight is 414 g/mol. The molecule has 3 rings (SSSR count). The van der Waals surface area contributed by atoms with Gasteiger partial charge >= 0.3 is 0 Å². The standard InChI is InChI=1S/C15H7Cl3N4O4/c16-7-4-8-12(10(18)5-7)19-15(24)13(8)20-21-14(23)6-1-2-9(17)11(3-6)22(25)26/h1-5,19,24H. The molecule has 0 aliphatic heterocycles. The molecule has 132 valence electrons. The van der Waals surface area contributed by atoms with Crippen LogP contribution in [0.2, 0.25) is 15.1 Å². The number of carbonyl (C=O) groups is 1. The lowest BCUT2D eigenvalue weighted by Crippen LogP contribution is -1.97. The van der Waals surface area contributed by atoms with E-state index < -0.39 is 16.5 Å². The normalized spacial score (nSPS) is 11.3. The highest BCUT2D eigenvalue weighted by atomic mass is 35.5. The number of aromatic nitrogens is 1. The fourth-order valence-electron chi connectivity index (χ4n) is 2.23. The zero-order valence-electron chi connectivity index (χ0n) is 12.5. The molecule has 1 heterocycles. The molecule has 0 fully saturated rings. The van der Waals surface area contributed by atoms with Gasteiger partial charge < -0.3 is 10.1 Å². The second-order valence-corrected chi connectivity index (χ2v) is 6.31. The first-order chi connectivity index (χ1) is 12.3. The van der Waals surface area contributed by atoms with Crippen LogP contribution in [0.15, 0.2) is 40.6 Å². The van der Waals surface area contributed by atoms with Gasteiger partial charge in [0.05, 0.1) is 21.0 Å². The van der Waals surface area contributed by atoms with Crippen molar-refractivity contribution < 1.29 is 14.8 Å². The van der Waals surface area contributed by atoms with Crippen molar-refractivity contribution in [3.63, 3.8) is 0 Å². The van der Waals surface area contributed by atoms with E-state index in [1.807, 2.05) is 0 Å². The maximum atomic E-state index is 12.1. The predicted molar refractivity (Wildman–Crippen MR) is 96.9 cm³/mol. The Hall–Kier alpha value is -2.68. The highest BCUT2D eigenvalue weighted by Gasteiger charge is 2.17. The van der Waals surface area contributed by atoms with Crippen molar-refractivity contribution in [1.82, 2.24) is 4.98 Å². The molecule has 11 heteroatoms. The Kier molecular flexibility index (Phi) is 4.82. The van der Waals surface area contributed by atoms with Crippen LogP contribution < -0.4 is 0 Å². The second-order valence-electron chi connectivity index (χ2n) is 5.06. The molecular weight excluding hydrogens is 407 g/mol. The topological polar surface area (TPSA) is 121 Å². The van der Waals surface area contributed by atoms with Crippen LogP contribution in [0.5, 0.6) is 5.88 Å². The van der Waals surface area contributed by atoms with Gasteiger partial charge in [-0.25, -0.2) is 0 Å². The Morgan fingerprint density at radius 3 is 2.58 bits per heavy atom. The van der Waals surface area contributed by atoms with Gasteiger partial charge in [-0.3, -0.25) is 14.9 Å². The molecule has 26 heavy (non-hydrogen) atoms. The molecule has 0 bridgehead atoms. The van der Waals surface area contributed by atoms with E-state index in [1.54, 1.807) is 0 Å². The van der Waals surface area contributed by atoms with E-state index in [1.165, 1.54) is 24.3 Å². The fraction of sp³-hybridized carbons (Fsp3) is 0. The third kappa shape index (κ3) is 3.34. The first kappa shape index (κ1) is 18.1. The molecule has 2 aromatic carbocycles. The number of aromatic hydroxyl groups is 1. The SMILES string of the molecule is O=C(N=Nc1c(O)[nH]c2c(Cl)cc(Cl)cc12)c1ccc(Cl)c([N+](=O)[O-])c1. The molecule has 0 atom stereocenters. The van der Waals surface area contributed by atoms with Crippen LogP contribution in [0, 0.1) is 10.1 Å². The lowest BCUT2D eigenvalue weighted by atomic mass is 10.2. The van der Waals surface area contributed by atoms with E-state index in [-0.39, 0.29) is 27.2 Å². The number of halogens is 3. The van der Waals surface area contributed by atoms with Crippen LogP contribution in [0.3, 0.4) is 0 Å². The number of benzene rings is 2. The number of nitrogens with one attached hydrogen (secondary N) is 1. The van der Waals surface area contributed by atoms with E-state index >= 15 is 0 Å². The number of azo groups is 1. The first-order valence-electron chi connectivity index (χ1n) is 6.87. The van der Waals surface area contributed by atoms with Crippen molar-refractivity contribution in [1.29, 1.82) is 0 Å². The number of nitro groups is 1. The number of amides is 1. The summed E-state index contributed by atoms with van der Waals surface area (Å²) in [6.07, 6.45) is 0. The van der Waals surface area contributed by atoms with Gasteiger partial charge in [0.2, 0.25) is 5.88 Å². The number of hydrogen-bond acceptors (Lipinski definition) is 5. The zero-order chi connectivity index (χ0) is 19.0. The summed E-state index contributed by atoms with van der Waals surface area (Å²) in [7, 11) is 0. The van der Waals surface area contributed by atoms with Crippen LogP contribution >= 0.6 is 34.8 Å². The second kappa shape index (κ2) is 6.91. The summed E-state index contributed by atoms with van der Waals surface area (Å²) in [6.45, 7) is 0. The molecule has 3 aromatic rings. The number of nitro benzene ring substituents is 1. The molecule has 0 aliphatic carbocycles. The minimum atomic E-state index is -0.855. The van der Waals surface area contributed by atoms with Gasteiger partial charge in [-0.15, -0.1) is 10.2 Å². The van der Waals surface area contributed by atoms with Crippen LogP contribution in [0.25, 0.3) is 10.9 Å². The third-order valence-corrected chi connectivity index (χ3v) is 4.24. The van der Waals surface area contributed by atoms with Gasteiger partial charge in [0, 0.05) is 16.5 Å². The number of nitrogens with zero attached hydrogens (tertiary/aromatic N) is 3. The summed E-state index contributed by atoms with van der Waals surface area (Å²) in [4.78, 5) is 24.9. The van der Waals surface area contributed by atoms with Gasteiger partial charge in [0.1, 0.15) is 5.02 Å². The molecule has 0 saturated heterocycles. The molecule has 0 aliphatic rings. The predicted octanol–water partition coefficient (Wildman–Crippen LogP) is 5.67. The van der Waals surface area contributed by atoms with Crippen LogP contribution in [0.4, 0.5) is 11.4 Å². The Bertz CT molecular complexity index is 1090. The van der Waals surface area contributed by atoms with Crippen molar-refractivity contribution in [2.75, 3.05) is 0 Å². The number of H-pyrrole nitrogens is 1. The summed E-state index contributed by atoms with van der Waals surface area (Å²) < 4.78 is 0. The minimum absolute atomic E-state index is 0.0405. The van der Waals surface area contributed by atoms with E-state index in [0.717, 1.165) is 6.07 Å².